The van der Waals surface area contributed by atoms with E-state index in [1.807, 2.05) is 19.1 Å². The molecule has 0 unspecified atom stereocenters. The molecular weight excluding hydrogens is 320 g/mol. The Kier molecular flexibility index (Phi) is 6.28. The number of ether oxygens (including phenoxy) is 1. The first-order valence-corrected chi connectivity index (χ1v) is 7.92. The lowest BCUT2D eigenvalue weighted by atomic mass is 10.1. The van der Waals surface area contributed by atoms with Crippen molar-refractivity contribution in [2.75, 3.05) is 17.2 Å². The highest BCUT2D eigenvalue weighted by atomic mass is 16.5. The van der Waals surface area contributed by atoms with Gasteiger partial charge in [-0.1, -0.05) is 29.8 Å². The van der Waals surface area contributed by atoms with Crippen LogP contribution in [0.5, 0.6) is 0 Å². The maximum atomic E-state index is 12.1. The fourth-order valence-electron chi connectivity index (χ4n) is 2.16. The van der Waals surface area contributed by atoms with Gasteiger partial charge in [-0.3, -0.25) is 9.59 Å². The summed E-state index contributed by atoms with van der Waals surface area (Å²) < 4.78 is 4.95. The number of esters is 1. The monoisotopic (exact) mass is 340 g/mol. The number of nitrogens with one attached hydrogen (secondary N) is 2. The number of carbonyl (C=O) groups is 3. The Morgan fingerprint density at radius 3 is 2.24 bits per heavy atom. The molecule has 2 aromatic rings. The van der Waals surface area contributed by atoms with Crippen LogP contribution in [-0.4, -0.2) is 24.4 Å². The first kappa shape index (κ1) is 18.2. The number of benzene rings is 2. The molecule has 0 bridgehead atoms. The molecule has 2 N–H and O–H groups in total. The summed E-state index contributed by atoms with van der Waals surface area (Å²) in [6.07, 6.45) is -0.356. The number of amides is 2. The Bertz CT molecular complexity index is 769. The van der Waals surface area contributed by atoms with Crippen LogP contribution in [0.25, 0.3) is 0 Å². The molecule has 0 spiro atoms. The molecule has 2 amide bonds. The number of para-hydroxylation sites is 1. The van der Waals surface area contributed by atoms with Gasteiger partial charge >= 0.3 is 5.97 Å². The van der Waals surface area contributed by atoms with Gasteiger partial charge in [-0.25, -0.2) is 4.79 Å². The lowest BCUT2D eigenvalue weighted by Crippen LogP contribution is -2.22. The molecule has 0 aliphatic heterocycles. The smallest absolute Gasteiger partial charge is 0.340 e. The predicted octanol–water partition coefficient (Wildman–Crippen LogP) is 3.14. The van der Waals surface area contributed by atoms with Crippen molar-refractivity contribution < 1.29 is 19.1 Å². The summed E-state index contributed by atoms with van der Waals surface area (Å²) in [6, 6.07) is 13.8. The molecule has 0 aliphatic rings. The average molecular weight is 340 g/mol. The Labute approximate surface area is 146 Å². The maximum Gasteiger partial charge on any atom is 0.340 e. The number of carbonyl (C=O) groups excluding carboxylic acids is 3. The van der Waals surface area contributed by atoms with Crippen molar-refractivity contribution in [2.45, 2.75) is 20.3 Å². The van der Waals surface area contributed by atoms with Gasteiger partial charge in [0.1, 0.15) is 6.42 Å². The zero-order chi connectivity index (χ0) is 18.2. The van der Waals surface area contributed by atoms with E-state index < -0.39 is 17.8 Å². The number of hydrogen-bond donors (Lipinski definition) is 2. The Morgan fingerprint density at radius 2 is 1.56 bits per heavy atom. The summed E-state index contributed by atoms with van der Waals surface area (Å²) in [5.74, 6) is -1.47. The largest absolute Gasteiger partial charge is 0.462 e. The lowest BCUT2D eigenvalue weighted by molar-refractivity contribution is -0.123. The van der Waals surface area contributed by atoms with Crippen LogP contribution < -0.4 is 10.6 Å². The van der Waals surface area contributed by atoms with E-state index in [0.29, 0.717) is 11.4 Å². The fraction of sp³-hybridized carbons (Fsp3) is 0.211. The lowest BCUT2D eigenvalue weighted by Gasteiger charge is -2.10. The van der Waals surface area contributed by atoms with E-state index in [9.17, 15) is 14.4 Å². The molecule has 0 heterocycles. The highest BCUT2D eigenvalue weighted by Gasteiger charge is 2.15. The van der Waals surface area contributed by atoms with Gasteiger partial charge in [0.25, 0.3) is 0 Å². The van der Waals surface area contributed by atoms with Gasteiger partial charge in [0, 0.05) is 5.69 Å². The van der Waals surface area contributed by atoms with Crippen molar-refractivity contribution >= 4 is 29.2 Å². The quantitative estimate of drug-likeness (QED) is 0.625. The highest BCUT2D eigenvalue weighted by molar-refractivity contribution is 6.09. The van der Waals surface area contributed by atoms with E-state index in [2.05, 4.69) is 10.6 Å². The zero-order valence-corrected chi connectivity index (χ0v) is 14.2. The van der Waals surface area contributed by atoms with Gasteiger partial charge in [0.05, 0.1) is 17.9 Å². The van der Waals surface area contributed by atoms with Crippen LogP contribution in [0.3, 0.4) is 0 Å². The van der Waals surface area contributed by atoms with Gasteiger partial charge in [-0.15, -0.1) is 0 Å². The summed E-state index contributed by atoms with van der Waals surface area (Å²) in [5, 5.41) is 5.23. The van der Waals surface area contributed by atoms with Gasteiger partial charge in [0.2, 0.25) is 11.8 Å². The molecule has 0 saturated heterocycles. The molecule has 2 aromatic carbocycles. The molecule has 6 nitrogen and oxygen atoms in total. The van der Waals surface area contributed by atoms with Crippen LogP contribution >= 0.6 is 0 Å². The second-order valence-electron chi connectivity index (χ2n) is 5.41. The summed E-state index contributed by atoms with van der Waals surface area (Å²) in [7, 11) is 0. The molecule has 6 heteroatoms. The van der Waals surface area contributed by atoms with Crippen LogP contribution in [0, 0.1) is 6.92 Å². The molecule has 0 radical (unpaired) electrons. The third-order valence-corrected chi connectivity index (χ3v) is 3.35. The van der Waals surface area contributed by atoms with Crippen LogP contribution in [-0.2, 0) is 14.3 Å². The van der Waals surface area contributed by atoms with E-state index in [4.69, 9.17) is 4.74 Å². The highest BCUT2D eigenvalue weighted by Crippen LogP contribution is 2.17. The van der Waals surface area contributed by atoms with Crippen molar-refractivity contribution in [1.82, 2.24) is 0 Å². The van der Waals surface area contributed by atoms with Crippen molar-refractivity contribution in [2.24, 2.45) is 0 Å². The summed E-state index contributed by atoms with van der Waals surface area (Å²) >= 11 is 0. The molecule has 0 atom stereocenters. The third kappa shape index (κ3) is 5.46. The topological polar surface area (TPSA) is 84.5 Å². The standard InChI is InChI=1S/C19H20N2O4/c1-3-25-19(24)15-6-4-5-7-16(15)21-18(23)12-17(22)20-14-10-8-13(2)9-11-14/h4-11H,3,12H2,1-2H3,(H,20,22)(H,21,23). The number of anilines is 2. The van der Waals surface area contributed by atoms with E-state index in [-0.39, 0.29) is 18.6 Å². The number of rotatable bonds is 6. The van der Waals surface area contributed by atoms with Crippen molar-refractivity contribution in [3.63, 3.8) is 0 Å². The van der Waals surface area contributed by atoms with Crippen LogP contribution in [0.1, 0.15) is 29.3 Å². The van der Waals surface area contributed by atoms with Gasteiger partial charge < -0.3 is 15.4 Å². The van der Waals surface area contributed by atoms with E-state index in [1.165, 1.54) is 0 Å². The van der Waals surface area contributed by atoms with E-state index >= 15 is 0 Å². The Hall–Kier alpha value is -3.15. The summed E-state index contributed by atoms with van der Waals surface area (Å²) in [5.41, 5.74) is 2.26. The van der Waals surface area contributed by atoms with E-state index in [1.54, 1.807) is 43.3 Å². The van der Waals surface area contributed by atoms with Crippen LogP contribution in [0.2, 0.25) is 0 Å². The average Bonchev–Trinajstić information content (AvgIpc) is 2.57. The van der Waals surface area contributed by atoms with Crippen molar-refractivity contribution in [3.8, 4) is 0 Å². The van der Waals surface area contributed by atoms with Crippen molar-refractivity contribution in [1.29, 1.82) is 0 Å². The van der Waals surface area contributed by atoms with Crippen LogP contribution in [0.15, 0.2) is 48.5 Å². The Morgan fingerprint density at radius 1 is 0.920 bits per heavy atom. The van der Waals surface area contributed by atoms with Gasteiger partial charge in [0.15, 0.2) is 0 Å². The van der Waals surface area contributed by atoms with Gasteiger partial charge in [-0.2, -0.15) is 0 Å². The molecule has 0 fully saturated rings. The molecule has 0 saturated carbocycles. The molecular formula is C19H20N2O4. The molecule has 2 rings (SSSR count). The first-order chi connectivity index (χ1) is 12.0. The normalized spacial score (nSPS) is 10.0. The minimum atomic E-state index is -0.525. The first-order valence-electron chi connectivity index (χ1n) is 7.92. The molecule has 25 heavy (non-hydrogen) atoms. The van der Waals surface area contributed by atoms with Crippen LogP contribution in [0.4, 0.5) is 11.4 Å². The molecule has 0 aromatic heterocycles. The second kappa shape index (κ2) is 8.63. The van der Waals surface area contributed by atoms with Crippen molar-refractivity contribution in [3.05, 3.63) is 59.7 Å². The third-order valence-electron chi connectivity index (χ3n) is 3.35. The SMILES string of the molecule is CCOC(=O)c1ccccc1NC(=O)CC(=O)Nc1ccc(C)cc1. The minimum absolute atomic E-state index is 0.236. The molecule has 130 valence electrons. The predicted molar refractivity (Wildman–Crippen MR) is 95.5 cm³/mol. The second-order valence-corrected chi connectivity index (χ2v) is 5.41. The summed E-state index contributed by atoms with van der Waals surface area (Å²) in [4.78, 5) is 35.9. The van der Waals surface area contributed by atoms with Gasteiger partial charge in [-0.05, 0) is 38.1 Å². The zero-order valence-electron chi connectivity index (χ0n) is 14.2. The number of aryl methyl sites for hydroxylation is 1. The molecule has 0 aliphatic carbocycles. The minimum Gasteiger partial charge on any atom is -0.462 e. The van der Waals surface area contributed by atoms with E-state index in [0.717, 1.165) is 5.56 Å². The Balaban J connectivity index is 1.97. The number of hydrogen-bond acceptors (Lipinski definition) is 4. The maximum absolute atomic E-state index is 12.1. The fourth-order valence-corrected chi connectivity index (χ4v) is 2.16. The summed E-state index contributed by atoms with van der Waals surface area (Å²) in [6.45, 7) is 3.88.